The average Bonchev–Trinajstić information content (AvgIpc) is 2.85. The Hall–Kier alpha value is -1.36. The van der Waals surface area contributed by atoms with Crippen molar-refractivity contribution < 1.29 is 4.79 Å². The van der Waals surface area contributed by atoms with Crippen molar-refractivity contribution in [1.82, 2.24) is 20.0 Å². The third-order valence-corrected chi connectivity index (χ3v) is 3.52. The van der Waals surface area contributed by atoms with Gasteiger partial charge in [0.05, 0.1) is 5.69 Å². The number of amides is 1. The maximum atomic E-state index is 12.1. The molecule has 0 aliphatic carbocycles. The maximum Gasteiger partial charge on any atom is 0.269 e. The van der Waals surface area contributed by atoms with E-state index >= 15 is 0 Å². The van der Waals surface area contributed by atoms with Crippen LogP contribution >= 0.6 is 0 Å². The number of hydrogen-bond donors (Lipinski definition) is 1. The molecular weight excluding hydrogens is 228 g/mol. The molecule has 5 heteroatoms. The summed E-state index contributed by atoms with van der Waals surface area (Å²) in [6.07, 6.45) is 1.03. The van der Waals surface area contributed by atoms with Gasteiger partial charge in [0.2, 0.25) is 0 Å². The van der Waals surface area contributed by atoms with E-state index in [1.807, 2.05) is 13.0 Å². The molecule has 1 atom stereocenters. The van der Waals surface area contributed by atoms with Crippen LogP contribution in [0.25, 0.3) is 0 Å². The van der Waals surface area contributed by atoms with Gasteiger partial charge in [-0.2, -0.15) is 5.10 Å². The lowest BCUT2D eigenvalue weighted by molar-refractivity contribution is 0.0927. The van der Waals surface area contributed by atoms with E-state index in [9.17, 15) is 4.79 Å². The molecule has 0 saturated carbocycles. The molecular formula is C13H22N4O. The van der Waals surface area contributed by atoms with Crippen LogP contribution in [0.1, 0.15) is 36.5 Å². The number of carbonyl (C=O) groups excluding carboxylic acids is 1. The number of aromatic nitrogens is 2. The van der Waals surface area contributed by atoms with Crippen LogP contribution in [-0.4, -0.2) is 45.8 Å². The van der Waals surface area contributed by atoms with Crippen LogP contribution in [0.2, 0.25) is 0 Å². The minimum Gasteiger partial charge on any atom is -0.347 e. The monoisotopic (exact) mass is 250 g/mol. The number of nitrogens with one attached hydrogen (secondary N) is 1. The Morgan fingerprint density at radius 2 is 2.28 bits per heavy atom. The second kappa shape index (κ2) is 5.10. The van der Waals surface area contributed by atoms with Gasteiger partial charge in [-0.25, -0.2) is 0 Å². The molecule has 1 fully saturated rings. The first-order valence-corrected chi connectivity index (χ1v) is 6.53. The lowest BCUT2D eigenvalue weighted by Crippen LogP contribution is -2.39. The third-order valence-electron chi connectivity index (χ3n) is 3.52. The van der Waals surface area contributed by atoms with E-state index in [0.717, 1.165) is 25.2 Å². The number of hydrogen-bond acceptors (Lipinski definition) is 3. The van der Waals surface area contributed by atoms with Gasteiger partial charge in [0, 0.05) is 32.2 Å². The number of rotatable bonds is 3. The quantitative estimate of drug-likeness (QED) is 0.868. The summed E-state index contributed by atoms with van der Waals surface area (Å²) in [4.78, 5) is 14.5. The largest absolute Gasteiger partial charge is 0.347 e. The molecule has 0 aromatic carbocycles. The lowest BCUT2D eigenvalue weighted by atomic mass is 10.2. The fourth-order valence-electron chi connectivity index (χ4n) is 2.46. The molecule has 18 heavy (non-hydrogen) atoms. The normalized spacial score (nSPS) is 20.6. The van der Waals surface area contributed by atoms with Gasteiger partial charge in [0.25, 0.3) is 5.91 Å². The zero-order chi connectivity index (χ0) is 13.3. The lowest BCUT2D eigenvalue weighted by Gasteiger charge is -2.20. The van der Waals surface area contributed by atoms with E-state index in [2.05, 4.69) is 29.2 Å². The molecule has 2 heterocycles. The Bertz CT molecular complexity index is 438. The highest BCUT2D eigenvalue weighted by atomic mass is 16.2. The summed E-state index contributed by atoms with van der Waals surface area (Å²) < 4.78 is 1.64. The number of nitrogens with zero attached hydrogens (tertiary/aromatic N) is 3. The van der Waals surface area contributed by atoms with Gasteiger partial charge in [-0.05, 0) is 33.3 Å². The third kappa shape index (κ3) is 2.72. The summed E-state index contributed by atoms with van der Waals surface area (Å²) in [6, 6.07) is 2.63. The smallest absolute Gasteiger partial charge is 0.269 e. The molecule has 5 nitrogen and oxygen atoms in total. The Morgan fingerprint density at radius 1 is 1.56 bits per heavy atom. The minimum absolute atomic E-state index is 0.0197. The highest BCUT2D eigenvalue weighted by Crippen LogP contribution is 2.13. The van der Waals surface area contributed by atoms with Crippen molar-refractivity contribution in [3.8, 4) is 0 Å². The molecule has 0 spiro atoms. The predicted molar refractivity (Wildman–Crippen MR) is 70.5 cm³/mol. The van der Waals surface area contributed by atoms with Crippen molar-refractivity contribution in [2.24, 2.45) is 7.05 Å². The number of carbonyl (C=O) groups is 1. The van der Waals surface area contributed by atoms with Crippen molar-refractivity contribution in [2.75, 3.05) is 13.1 Å². The van der Waals surface area contributed by atoms with Gasteiger partial charge in [-0.1, -0.05) is 0 Å². The number of likely N-dealkylation sites (tertiary alicyclic amines) is 1. The van der Waals surface area contributed by atoms with E-state index in [0.29, 0.717) is 11.7 Å². The first-order valence-electron chi connectivity index (χ1n) is 6.53. The summed E-state index contributed by atoms with van der Waals surface area (Å²) in [5.41, 5.74) is 1.51. The number of aryl methyl sites for hydroxylation is 2. The topological polar surface area (TPSA) is 50.2 Å². The molecule has 0 bridgehead atoms. The highest BCUT2D eigenvalue weighted by Gasteiger charge is 2.26. The molecule has 1 aliphatic heterocycles. The molecule has 2 rings (SSSR count). The fourth-order valence-corrected chi connectivity index (χ4v) is 2.46. The molecule has 1 aromatic heterocycles. The Labute approximate surface area is 108 Å². The van der Waals surface area contributed by atoms with E-state index in [1.54, 1.807) is 11.7 Å². The Balaban J connectivity index is 1.95. The second-order valence-corrected chi connectivity index (χ2v) is 5.34. The van der Waals surface area contributed by atoms with Gasteiger partial charge in [-0.3, -0.25) is 14.4 Å². The minimum atomic E-state index is -0.0197. The SMILES string of the molecule is Cc1cc(C(=O)NC2CCN(C(C)C)C2)n(C)n1. The molecule has 100 valence electrons. The van der Waals surface area contributed by atoms with Crippen molar-refractivity contribution in [3.05, 3.63) is 17.5 Å². The van der Waals surface area contributed by atoms with Crippen molar-refractivity contribution in [1.29, 1.82) is 0 Å². The second-order valence-electron chi connectivity index (χ2n) is 5.34. The zero-order valence-corrected chi connectivity index (χ0v) is 11.6. The molecule has 0 radical (unpaired) electrons. The van der Waals surface area contributed by atoms with Crippen LogP contribution in [-0.2, 0) is 7.05 Å². The van der Waals surface area contributed by atoms with Crippen molar-refractivity contribution >= 4 is 5.91 Å². The van der Waals surface area contributed by atoms with Gasteiger partial charge < -0.3 is 5.32 Å². The highest BCUT2D eigenvalue weighted by molar-refractivity contribution is 5.92. The summed E-state index contributed by atoms with van der Waals surface area (Å²) in [5.74, 6) is -0.0197. The average molecular weight is 250 g/mol. The van der Waals surface area contributed by atoms with E-state index < -0.39 is 0 Å². The summed E-state index contributed by atoms with van der Waals surface area (Å²) >= 11 is 0. The zero-order valence-electron chi connectivity index (χ0n) is 11.6. The first-order chi connectivity index (χ1) is 8.47. The molecule has 1 N–H and O–H groups in total. The summed E-state index contributed by atoms with van der Waals surface area (Å²) in [5, 5.41) is 7.29. The predicted octanol–water partition coefficient (Wildman–Crippen LogP) is 0.941. The van der Waals surface area contributed by atoms with Gasteiger partial charge in [-0.15, -0.1) is 0 Å². The summed E-state index contributed by atoms with van der Waals surface area (Å²) in [6.45, 7) is 8.28. The van der Waals surface area contributed by atoms with Crippen molar-refractivity contribution in [2.45, 2.75) is 39.3 Å². The Kier molecular flexibility index (Phi) is 3.71. The van der Waals surface area contributed by atoms with E-state index in [-0.39, 0.29) is 11.9 Å². The molecule has 1 unspecified atom stereocenters. The van der Waals surface area contributed by atoms with Gasteiger partial charge in [0.1, 0.15) is 5.69 Å². The first kappa shape index (κ1) is 13.1. The standard InChI is InChI=1S/C13H22N4O/c1-9(2)17-6-5-11(8-17)14-13(18)12-7-10(3)15-16(12)4/h7,9,11H,5-6,8H2,1-4H3,(H,14,18). The van der Waals surface area contributed by atoms with Crippen LogP contribution in [0.4, 0.5) is 0 Å². The molecule has 1 amide bonds. The van der Waals surface area contributed by atoms with Gasteiger partial charge in [0.15, 0.2) is 0 Å². The van der Waals surface area contributed by atoms with E-state index in [1.165, 1.54) is 0 Å². The van der Waals surface area contributed by atoms with Crippen LogP contribution in [0.15, 0.2) is 6.07 Å². The van der Waals surface area contributed by atoms with Gasteiger partial charge >= 0.3 is 0 Å². The molecule has 1 aliphatic rings. The van der Waals surface area contributed by atoms with E-state index in [4.69, 9.17) is 0 Å². The summed E-state index contributed by atoms with van der Waals surface area (Å²) in [7, 11) is 1.80. The van der Waals surface area contributed by atoms with Crippen LogP contribution in [0.3, 0.4) is 0 Å². The van der Waals surface area contributed by atoms with Crippen LogP contribution in [0.5, 0.6) is 0 Å². The molecule has 1 saturated heterocycles. The fraction of sp³-hybridized carbons (Fsp3) is 0.692. The Morgan fingerprint density at radius 3 is 2.78 bits per heavy atom. The van der Waals surface area contributed by atoms with Crippen LogP contribution in [0, 0.1) is 6.92 Å². The molecule has 1 aromatic rings. The maximum absolute atomic E-state index is 12.1. The van der Waals surface area contributed by atoms with Crippen molar-refractivity contribution in [3.63, 3.8) is 0 Å². The van der Waals surface area contributed by atoms with Crippen LogP contribution < -0.4 is 5.32 Å².